The monoisotopic (exact) mass is 205 g/mol. The smallest absolute Gasteiger partial charge is 0.127 e. The highest BCUT2D eigenvalue weighted by Gasteiger charge is 2.34. The van der Waals surface area contributed by atoms with Crippen molar-refractivity contribution >= 4 is 0 Å². The van der Waals surface area contributed by atoms with Crippen LogP contribution in [0.15, 0.2) is 12.1 Å². The van der Waals surface area contributed by atoms with Gasteiger partial charge in [0.2, 0.25) is 0 Å². The van der Waals surface area contributed by atoms with E-state index < -0.39 is 0 Å². The summed E-state index contributed by atoms with van der Waals surface area (Å²) < 4.78 is 6.01. The Morgan fingerprint density at radius 1 is 1.27 bits per heavy atom. The molecule has 1 aromatic carbocycles. The van der Waals surface area contributed by atoms with E-state index in [2.05, 4.69) is 38.2 Å². The van der Waals surface area contributed by atoms with Crippen molar-refractivity contribution in [3.63, 3.8) is 0 Å². The predicted octanol–water partition coefficient (Wildman–Crippen LogP) is 2.73. The molecule has 0 spiro atoms. The molecule has 0 aliphatic carbocycles. The van der Waals surface area contributed by atoms with Gasteiger partial charge in [0.05, 0.1) is 6.04 Å². The van der Waals surface area contributed by atoms with Crippen LogP contribution in [0.2, 0.25) is 0 Å². The minimum atomic E-state index is 0.282. The summed E-state index contributed by atoms with van der Waals surface area (Å²) >= 11 is 0. The van der Waals surface area contributed by atoms with Crippen LogP contribution in [-0.4, -0.2) is 13.2 Å². The van der Waals surface area contributed by atoms with E-state index in [1.807, 2.05) is 7.05 Å². The fourth-order valence-corrected chi connectivity index (χ4v) is 2.40. The number of hydrogen-bond donors (Lipinski definition) is 1. The summed E-state index contributed by atoms with van der Waals surface area (Å²) in [5, 5.41) is 3.36. The number of ether oxygens (including phenoxy) is 1. The van der Waals surface area contributed by atoms with E-state index in [-0.39, 0.29) is 6.10 Å². The number of benzene rings is 1. The molecule has 0 bridgehead atoms. The molecule has 0 saturated heterocycles. The number of nitrogens with one attached hydrogen (secondary N) is 1. The third-order valence-corrected chi connectivity index (χ3v) is 3.28. The first kappa shape index (κ1) is 10.5. The summed E-state index contributed by atoms with van der Waals surface area (Å²) in [6.07, 6.45) is 1.32. The molecule has 2 unspecified atom stereocenters. The van der Waals surface area contributed by atoms with Gasteiger partial charge in [-0.1, -0.05) is 19.1 Å². The number of hydrogen-bond acceptors (Lipinski definition) is 2. The lowest BCUT2D eigenvalue weighted by Crippen LogP contribution is -2.27. The van der Waals surface area contributed by atoms with Crippen LogP contribution in [0.3, 0.4) is 0 Å². The van der Waals surface area contributed by atoms with Crippen molar-refractivity contribution in [1.29, 1.82) is 0 Å². The quantitative estimate of drug-likeness (QED) is 0.801. The van der Waals surface area contributed by atoms with Crippen LogP contribution in [0.1, 0.15) is 36.1 Å². The van der Waals surface area contributed by atoms with Crippen molar-refractivity contribution in [3.8, 4) is 5.75 Å². The number of aryl methyl sites for hydroxylation is 2. The number of rotatable bonds is 2. The zero-order valence-corrected chi connectivity index (χ0v) is 9.92. The molecule has 1 heterocycles. The first-order valence-corrected chi connectivity index (χ1v) is 5.63. The standard InChI is InChI=1S/C13H19NO/c1-5-10-12(14-4)11-8(2)6-7-9(3)13(11)15-10/h6-7,10,12,14H,5H2,1-4H3. The highest BCUT2D eigenvalue weighted by molar-refractivity contribution is 5.50. The van der Waals surface area contributed by atoms with Gasteiger partial charge in [-0.25, -0.2) is 0 Å². The van der Waals surface area contributed by atoms with Crippen molar-refractivity contribution < 1.29 is 4.74 Å². The molecule has 2 atom stereocenters. The summed E-state index contributed by atoms with van der Waals surface area (Å²) in [5.74, 6) is 1.10. The van der Waals surface area contributed by atoms with Crippen molar-refractivity contribution in [2.24, 2.45) is 0 Å². The van der Waals surface area contributed by atoms with Gasteiger partial charge < -0.3 is 10.1 Å². The highest BCUT2D eigenvalue weighted by atomic mass is 16.5. The molecule has 0 amide bonds. The fraction of sp³-hybridized carbons (Fsp3) is 0.538. The fourth-order valence-electron chi connectivity index (χ4n) is 2.40. The molecule has 1 aliphatic rings. The topological polar surface area (TPSA) is 21.3 Å². The Labute approximate surface area is 91.6 Å². The third kappa shape index (κ3) is 1.53. The minimum Gasteiger partial charge on any atom is -0.488 e. The van der Waals surface area contributed by atoms with Gasteiger partial charge in [-0.05, 0) is 38.4 Å². The summed E-state index contributed by atoms with van der Waals surface area (Å²) in [6.45, 7) is 6.44. The van der Waals surface area contributed by atoms with E-state index in [9.17, 15) is 0 Å². The van der Waals surface area contributed by atoms with Crippen molar-refractivity contribution in [1.82, 2.24) is 5.32 Å². The Bertz CT molecular complexity index is 373. The summed E-state index contributed by atoms with van der Waals surface area (Å²) in [6, 6.07) is 4.67. The molecule has 1 aromatic rings. The molecular weight excluding hydrogens is 186 g/mol. The van der Waals surface area contributed by atoms with E-state index in [0.29, 0.717) is 6.04 Å². The molecule has 15 heavy (non-hydrogen) atoms. The molecular formula is C13H19NO. The Hall–Kier alpha value is -1.02. The van der Waals surface area contributed by atoms with Gasteiger partial charge in [-0.3, -0.25) is 0 Å². The second-order valence-electron chi connectivity index (χ2n) is 4.27. The highest BCUT2D eigenvalue weighted by Crippen LogP contribution is 2.41. The average Bonchev–Trinajstić information content (AvgIpc) is 2.63. The second-order valence-corrected chi connectivity index (χ2v) is 4.27. The molecule has 0 radical (unpaired) electrons. The molecule has 2 nitrogen and oxygen atoms in total. The lowest BCUT2D eigenvalue weighted by molar-refractivity contribution is 0.188. The molecule has 0 saturated carbocycles. The maximum absolute atomic E-state index is 6.01. The third-order valence-electron chi connectivity index (χ3n) is 3.28. The summed E-state index contributed by atoms with van der Waals surface area (Å²) in [7, 11) is 2.01. The lowest BCUT2D eigenvalue weighted by atomic mass is 9.96. The van der Waals surface area contributed by atoms with Crippen LogP contribution in [0.25, 0.3) is 0 Å². The van der Waals surface area contributed by atoms with Gasteiger partial charge in [-0.15, -0.1) is 0 Å². The van der Waals surface area contributed by atoms with E-state index in [1.165, 1.54) is 16.7 Å². The largest absolute Gasteiger partial charge is 0.488 e. The van der Waals surface area contributed by atoms with Gasteiger partial charge in [0.15, 0.2) is 0 Å². The summed E-state index contributed by atoms with van der Waals surface area (Å²) in [4.78, 5) is 0. The van der Waals surface area contributed by atoms with Crippen LogP contribution < -0.4 is 10.1 Å². The first-order valence-electron chi connectivity index (χ1n) is 5.63. The van der Waals surface area contributed by atoms with Gasteiger partial charge in [0.25, 0.3) is 0 Å². The first-order chi connectivity index (χ1) is 7.19. The van der Waals surface area contributed by atoms with Crippen LogP contribution in [0.5, 0.6) is 5.75 Å². The van der Waals surface area contributed by atoms with Crippen LogP contribution >= 0.6 is 0 Å². The Morgan fingerprint density at radius 3 is 2.53 bits per heavy atom. The molecule has 2 rings (SSSR count). The Morgan fingerprint density at radius 2 is 1.93 bits per heavy atom. The number of fused-ring (bicyclic) bond motifs is 1. The molecule has 0 fully saturated rings. The molecule has 1 N–H and O–H groups in total. The predicted molar refractivity (Wildman–Crippen MR) is 62.4 cm³/mol. The van der Waals surface area contributed by atoms with Crippen LogP contribution in [0.4, 0.5) is 0 Å². The van der Waals surface area contributed by atoms with Gasteiger partial charge in [0, 0.05) is 5.56 Å². The van der Waals surface area contributed by atoms with E-state index in [0.717, 1.165) is 12.2 Å². The molecule has 1 aliphatic heterocycles. The van der Waals surface area contributed by atoms with Gasteiger partial charge in [-0.2, -0.15) is 0 Å². The second kappa shape index (κ2) is 3.86. The van der Waals surface area contributed by atoms with Crippen molar-refractivity contribution in [2.45, 2.75) is 39.3 Å². The van der Waals surface area contributed by atoms with Gasteiger partial charge >= 0.3 is 0 Å². The van der Waals surface area contributed by atoms with E-state index in [4.69, 9.17) is 4.74 Å². The maximum atomic E-state index is 6.01. The van der Waals surface area contributed by atoms with Crippen LogP contribution in [-0.2, 0) is 0 Å². The van der Waals surface area contributed by atoms with E-state index >= 15 is 0 Å². The molecule has 82 valence electrons. The average molecular weight is 205 g/mol. The Balaban J connectivity index is 2.51. The summed E-state index contributed by atoms with van der Waals surface area (Å²) in [5.41, 5.74) is 3.92. The SMILES string of the molecule is CCC1Oc2c(C)ccc(C)c2C1NC. The van der Waals surface area contributed by atoms with E-state index in [1.54, 1.807) is 0 Å². The Kier molecular flexibility index (Phi) is 2.70. The van der Waals surface area contributed by atoms with Crippen LogP contribution in [0, 0.1) is 13.8 Å². The lowest BCUT2D eigenvalue weighted by Gasteiger charge is -2.17. The van der Waals surface area contributed by atoms with Crippen molar-refractivity contribution in [3.05, 3.63) is 28.8 Å². The minimum absolute atomic E-state index is 0.282. The molecule has 0 aromatic heterocycles. The molecule has 2 heteroatoms. The zero-order valence-electron chi connectivity index (χ0n) is 9.92. The van der Waals surface area contributed by atoms with Crippen molar-refractivity contribution in [2.75, 3.05) is 7.05 Å². The zero-order chi connectivity index (χ0) is 11.0. The van der Waals surface area contributed by atoms with Gasteiger partial charge in [0.1, 0.15) is 11.9 Å². The normalized spacial score (nSPS) is 23.7. The maximum Gasteiger partial charge on any atom is 0.127 e. The number of likely N-dealkylation sites (N-methyl/N-ethyl adjacent to an activating group) is 1.